The topological polar surface area (TPSA) is 90.2 Å². The highest BCUT2D eigenvalue weighted by Gasteiger charge is 2.44. The molecule has 0 fully saturated rings. The Hall–Kier alpha value is -2.48. The normalized spacial score (nSPS) is 20.9. The Bertz CT molecular complexity index is 1190. The zero-order chi connectivity index (χ0) is 26.3. The first-order valence-electron chi connectivity index (χ1n) is 12.2. The summed E-state index contributed by atoms with van der Waals surface area (Å²) < 4.78 is 6.31. The van der Waals surface area contributed by atoms with Crippen molar-refractivity contribution in [2.75, 3.05) is 6.61 Å². The van der Waals surface area contributed by atoms with Crippen LogP contribution in [0.15, 0.2) is 66.3 Å². The molecule has 36 heavy (non-hydrogen) atoms. The van der Waals surface area contributed by atoms with Crippen LogP contribution >= 0.6 is 11.6 Å². The number of benzene rings is 2. The minimum absolute atomic E-state index is 0.227. The van der Waals surface area contributed by atoms with Crippen LogP contribution in [-0.4, -0.2) is 44.4 Å². The van der Waals surface area contributed by atoms with E-state index in [1.165, 1.54) is 0 Å². The second-order valence-corrected chi connectivity index (χ2v) is 11.1. The lowest BCUT2D eigenvalue weighted by Crippen LogP contribution is -2.36. The maximum Gasteiger partial charge on any atom is 0.257 e. The van der Waals surface area contributed by atoms with Gasteiger partial charge in [-0.3, -0.25) is 9.69 Å². The first-order chi connectivity index (χ1) is 16.8. The summed E-state index contributed by atoms with van der Waals surface area (Å²) >= 11 is 6.36. The fraction of sp³-hybridized carbons (Fsp3) is 0.414. The fourth-order valence-corrected chi connectivity index (χ4v) is 4.79. The van der Waals surface area contributed by atoms with Crippen LogP contribution in [0.25, 0.3) is 0 Å². The Morgan fingerprint density at radius 1 is 1.14 bits per heavy atom. The highest BCUT2D eigenvalue weighted by Crippen LogP contribution is 2.45. The molecule has 0 bridgehead atoms. The Balaban J connectivity index is 1.82. The van der Waals surface area contributed by atoms with Crippen molar-refractivity contribution in [1.82, 2.24) is 4.90 Å². The molecule has 0 saturated heterocycles. The summed E-state index contributed by atoms with van der Waals surface area (Å²) in [4.78, 5) is 15.7. The minimum atomic E-state index is -1.11. The van der Waals surface area contributed by atoms with Crippen molar-refractivity contribution in [3.63, 3.8) is 0 Å². The van der Waals surface area contributed by atoms with E-state index < -0.39 is 29.6 Å². The summed E-state index contributed by atoms with van der Waals surface area (Å²) in [5.74, 6) is -0.227. The molecule has 3 N–H and O–H groups in total. The number of rotatable bonds is 8. The monoisotopic (exact) mass is 511 g/mol. The van der Waals surface area contributed by atoms with Crippen molar-refractivity contribution in [2.45, 2.75) is 70.1 Å². The van der Waals surface area contributed by atoms with Crippen LogP contribution in [0.2, 0.25) is 5.02 Å². The average Bonchev–Trinajstić information content (AvgIpc) is 3.05. The molecular formula is C29H34ClNO5. The molecule has 6 nitrogen and oxygen atoms in total. The largest absolute Gasteiger partial charge is 0.390 e. The lowest BCUT2D eigenvalue weighted by molar-refractivity contribution is -0.0677. The molecular weight excluding hydrogens is 478 g/mol. The zero-order valence-electron chi connectivity index (χ0n) is 21.1. The first-order valence-corrected chi connectivity index (χ1v) is 12.6. The van der Waals surface area contributed by atoms with E-state index in [0.717, 1.165) is 11.1 Å². The maximum absolute atomic E-state index is 14.0. The molecule has 0 saturated carbocycles. The van der Waals surface area contributed by atoms with Gasteiger partial charge in [-0.15, -0.1) is 0 Å². The standard InChI is InChI=1S/C29H34ClNO5/c1-28(2,34)14-15-36-27-23-13-10-20(29(3,4)35)17-24(23)26(33)31(27)25(18-8-11-22(32)12-9-18)19-6-5-7-21(30)16-19/h5-11,13,16-17,22,25,27,32,34-35H,12,14-15H2,1-4H3. The van der Waals surface area contributed by atoms with E-state index in [9.17, 15) is 20.1 Å². The second-order valence-electron chi connectivity index (χ2n) is 10.7. The van der Waals surface area contributed by atoms with Gasteiger partial charge in [0, 0.05) is 16.1 Å². The molecule has 2 aromatic carbocycles. The molecule has 2 aliphatic rings. The van der Waals surface area contributed by atoms with E-state index in [1.54, 1.807) is 50.8 Å². The molecule has 0 aromatic heterocycles. The van der Waals surface area contributed by atoms with E-state index >= 15 is 0 Å². The summed E-state index contributed by atoms with van der Waals surface area (Å²) in [6.45, 7) is 7.03. The van der Waals surface area contributed by atoms with Gasteiger partial charge < -0.3 is 20.1 Å². The quantitative estimate of drug-likeness (QED) is 0.454. The van der Waals surface area contributed by atoms with E-state index in [1.807, 2.05) is 42.5 Å². The number of aliphatic hydroxyl groups is 3. The summed E-state index contributed by atoms with van der Waals surface area (Å²) in [6, 6.07) is 12.2. The number of halogens is 1. The van der Waals surface area contributed by atoms with Gasteiger partial charge in [0.05, 0.1) is 30.0 Å². The molecule has 4 rings (SSSR count). The van der Waals surface area contributed by atoms with Gasteiger partial charge in [-0.1, -0.05) is 54.1 Å². The van der Waals surface area contributed by atoms with Crippen molar-refractivity contribution in [3.05, 3.63) is 93.5 Å². The molecule has 0 radical (unpaired) electrons. The number of carbonyl (C=O) groups excluding carboxylic acids is 1. The number of carbonyl (C=O) groups is 1. The van der Waals surface area contributed by atoms with Crippen LogP contribution in [0.4, 0.5) is 0 Å². The summed E-state index contributed by atoms with van der Waals surface area (Å²) in [5, 5.41) is 31.4. The molecule has 1 amide bonds. The van der Waals surface area contributed by atoms with E-state index in [2.05, 4.69) is 0 Å². The van der Waals surface area contributed by atoms with Crippen LogP contribution in [0.3, 0.4) is 0 Å². The lowest BCUT2D eigenvalue weighted by Gasteiger charge is -2.36. The van der Waals surface area contributed by atoms with Crippen LogP contribution in [0.5, 0.6) is 0 Å². The number of ether oxygens (including phenoxy) is 1. The van der Waals surface area contributed by atoms with Crippen molar-refractivity contribution in [2.24, 2.45) is 0 Å². The number of amides is 1. The third-order valence-electron chi connectivity index (χ3n) is 6.60. The average molecular weight is 512 g/mol. The third-order valence-corrected chi connectivity index (χ3v) is 6.83. The highest BCUT2D eigenvalue weighted by atomic mass is 35.5. The van der Waals surface area contributed by atoms with Crippen LogP contribution in [0.1, 0.15) is 79.9 Å². The van der Waals surface area contributed by atoms with Crippen LogP contribution in [0, 0.1) is 0 Å². The van der Waals surface area contributed by atoms with Gasteiger partial charge in [0.25, 0.3) is 5.91 Å². The van der Waals surface area contributed by atoms with Gasteiger partial charge in [-0.2, -0.15) is 0 Å². The van der Waals surface area contributed by atoms with E-state index in [4.69, 9.17) is 16.3 Å². The van der Waals surface area contributed by atoms with Crippen LogP contribution < -0.4 is 0 Å². The zero-order valence-corrected chi connectivity index (χ0v) is 21.9. The molecule has 1 aliphatic carbocycles. The molecule has 192 valence electrons. The number of aliphatic hydroxyl groups excluding tert-OH is 1. The summed E-state index contributed by atoms with van der Waals surface area (Å²) in [6.07, 6.45) is 5.03. The minimum Gasteiger partial charge on any atom is -0.390 e. The molecule has 2 aromatic rings. The van der Waals surface area contributed by atoms with Gasteiger partial charge >= 0.3 is 0 Å². The second kappa shape index (κ2) is 10.1. The molecule has 1 aliphatic heterocycles. The molecule has 7 heteroatoms. The van der Waals surface area contributed by atoms with Crippen molar-refractivity contribution in [3.8, 4) is 0 Å². The van der Waals surface area contributed by atoms with Crippen LogP contribution in [-0.2, 0) is 10.3 Å². The van der Waals surface area contributed by atoms with Crippen molar-refractivity contribution in [1.29, 1.82) is 0 Å². The van der Waals surface area contributed by atoms with Crippen molar-refractivity contribution >= 4 is 17.5 Å². The summed E-state index contributed by atoms with van der Waals surface area (Å²) in [7, 11) is 0. The van der Waals surface area contributed by atoms with Gasteiger partial charge in [-0.25, -0.2) is 0 Å². The Kier molecular flexibility index (Phi) is 7.47. The molecule has 1 heterocycles. The fourth-order valence-electron chi connectivity index (χ4n) is 4.59. The van der Waals surface area contributed by atoms with Gasteiger partial charge in [0.1, 0.15) is 0 Å². The lowest BCUT2D eigenvalue weighted by atomic mass is 9.92. The van der Waals surface area contributed by atoms with Crippen molar-refractivity contribution < 1.29 is 24.9 Å². The third kappa shape index (κ3) is 5.74. The number of nitrogens with zero attached hydrogens (tertiary/aromatic N) is 1. The predicted molar refractivity (Wildman–Crippen MR) is 140 cm³/mol. The van der Waals surface area contributed by atoms with E-state index in [0.29, 0.717) is 34.6 Å². The SMILES string of the molecule is CC(C)(O)CCOC1c2ccc(C(C)(C)O)cc2C(=O)N1C(C1=CCC(O)C=C1)c1cccc(Cl)c1. The molecule has 3 unspecified atom stereocenters. The smallest absolute Gasteiger partial charge is 0.257 e. The van der Waals surface area contributed by atoms with Gasteiger partial charge in [0.2, 0.25) is 0 Å². The van der Waals surface area contributed by atoms with Gasteiger partial charge in [0.15, 0.2) is 6.23 Å². The van der Waals surface area contributed by atoms with E-state index in [-0.39, 0.29) is 12.5 Å². The molecule has 0 spiro atoms. The maximum atomic E-state index is 14.0. The van der Waals surface area contributed by atoms with Gasteiger partial charge in [-0.05, 0) is 75.4 Å². The first kappa shape index (κ1) is 26.6. The number of fused-ring (bicyclic) bond motifs is 1. The number of hydrogen-bond donors (Lipinski definition) is 3. The number of hydrogen-bond acceptors (Lipinski definition) is 5. The predicted octanol–water partition coefficient (Wildman–Crippen LogP) is 5.19. The Morgan fingerprint density at radius 3 is 2.50 bits per heavy atom. The Morgan fingerprint density at radius 2 is 1.89 bits per heavy atom. The summed E-state index contributed by atoms with van der Waals surface area (Å²) in [5.41, 5.74) is 1.43. The highest BCUT2D eigenvalue weighted by molar-refractivity contribution is 6.30. The molecule has 3 atom stereocenters. The Labute approximate surface area is 217 Å².